The molecule has 1 aromatic heterocycles. The minimum atomic E-state index is -0.578. The summed E-state index contributed by atoms with van der Waals surface area (Å²) in [6.45, 7) is 7.48. The van der Waals surface area contributed by atoms with Gasteiger partial charge >= 0.3 is 6.09 Å². The molecule has 1 aromatic carbocycles. The summed E-state index contributed by atoms with van der Waals surface area (Å²) in [6, 6.07) is 11.2. The number of hydrogen-bond donors (Lipinski definition) is 0. The first-order chi connectivity index (χ1) is 10.3. The number of anilines is 2. The van der Waals surface area contributed by atoms with Gasteiger partial charge in [-0.05, 0) is 63.6 Å². The second kappa shape index (κ2) is 6.48. The Morgan fingerprint density at radius 2 is 1.95 bits per heavy atom. The average molecular weight is 363 g/mol. The summed E-state index contributed by atoms with van der Waals surface area (Å²) in [4.78, 5) is 18.4. The first-order valence-electron chi connectivity index (χ1n) is 6.97. The summed E-state index contributed by atoms with van der Waals surface area (Å²) < 4.78 is 6.40. The van der Waals surface area contributed by atoms with E-state index in [1.54, 1.807) is 6.20 Å². The van der Waals surface area contributed by atoms with Gasteiger partial charge in [-0.15, -0.1) is 0 Å². The number of halogens is 1. The van der Waals surface area contributed by atoms with Gasteiger partial charge in [0, 0.05) is 10.7 Å². The molecule has 0 aliphatic carbocycles. The first-order valence-corrected chi connectivity index (χ1v) is 7.77. The number of aryl methyl sites for hydroxylation is 1. The summed E-state index contributed by atoms with van der Waals surface area (Å²) in [5.41, 5.74) is 1.14. The zero-order valence-corrected chi connectivity index (χ0v) is 14.7. The standard InChI is InChI=1S/C17H19BrN2O2/c1-12-8-9-19-15(10-12)20(16(21)22-17(2,3)4)14-7-5-6-13(18)11-14/h5-11H,1-4H3. The maximum Gasteiger partial charge on any atom is 0.420 e. The molecule has 1 heterocycles. The average Bonchev–Trinajstić information content (AvgIpc) is 2.37. The third kappa shape index (κ3) is 4.31. The number of carbonyl (C=O) groups excluding carboxylic acids is 1. The molecule has 22 heavy (non-hydrogen) atoms. The van der Waals surface area contributed by atoms with Crippen LogP contribution in [0.1, 0.15) is 26.3 Å². The molecular formula is C17H19BrN2O2. The quantitative estimate of drug-likeness (QED) is 0.734. The SMILES string of the molecule is Cc1ccnc(N(C(=O)OC(C)(C)C)c2cccc(Br)c2)c1. The van der Waals surface area contributed by atoms with E-state index in [0.29, 0.717) is 11.5 Å². The van der Waals surface area contributed by atoms with Gasteiger partial charge in [0.1, 0.15) is 11.4 Å². The fraction of sp³-hybridized carbons (Fsp3) is 0.294. The summed E-state index contributed by atoms with van der Waals surface area (Å²) in [5.74, 6) is 0.535. The van der Waals surface area contributed by atoms with E-state index in [4.69, 9.17) is 4.74 Å². The fourth-order valence-corrected chi connectivity index (χ4v) is 2.28. The molecule has 1 amide bonds. The number of pyridine rings is 1. The summed E-state index contributed by atoms with van der Waals surface area (Å²) >= 11 is 3.43. The molecule has 0 bridgehead atoms. The van der Waals surface area contributed by atoms with Crippen molar-refractivity contribution in [2.75, 3.05) is 4.90 Å². The molecule has 0 fully saturated rings. The number of aromatic nitrogens is 1. The molecule has 0 spiro atoms. The Bertz CT molecular complexity index is 635. The van der Waals surface area contributed by atoms with Crippen molar-refractivity contribution in [2.45, 2.75) is 33.3 Å². The van der Waals surface area contributed by atoms with Crippen LogP contribution >= 0.6 is 15.9 Å². The molecule has 2 aromatic rings. The molecular weight excluding hydrogens is 344 g/mol. The summed E-state index contributed by atoms with van der Waals surface area (Å²) in [5, 5.41) is 0. The molecule has 0 atom stereocenters. The van der Waals surface area contributed by atoms with E-state index in [2.05, 4.69) is 20.9 Å². The smallest absolute Gasteiger partial charge is 0.420 e. The van der Waals surface area contributed by atoms with Crippen molar-refractivity contribution >= 4 is 33.5 Å². The van der Waals surface area contributed by atoms with E-state index >= 15 is 0 Å². The number of nitrogens with zero attached hydrogens (tertiary/aromatic N) is 2. The van der Waals surface area contributed by atoms with Gasteiger partial charge in [0.15, 0.2) is 0 Å². The highest BCUT2D eigenvalue weighted by molar-refractivity contribution is 9.10. The van der Waals surface area contributed by atoms with Crippen LogP contribution in [0.2, 0.25) is 0 Å². The van der Waals surface area contributed by atoms with Crippen LogP contribution in [-0.2, 0) is 4.74 Å². The van der Waals surface area contributed by atoms with E-state index < -0.39 is 11.7 Å². The van der Waals surface area contributed by atoms with Gasteiger partial charge in [-0.2, -0.15) is 0 Å². The van der Waals surface area contributed by atoms with Gasteiger partial charge in [0.2, 0.25) is 0 Å². The van der Waals surface area contributed by atoms with Crippen LogP contribution in [0.5, 0.6) is 0 Å². The molecule has 0 N–H and O–H groups in total. The van der Waals surface area contributed by atoms with Gasteiger partial charge in [-0.25, -0.2) is 14.7 Å². The molecule has 0 unspecified atom stereocenters. The van der Waals surface area contributed by atoms with Crippen molar-refractivity contribution in [1.29, 1.82) is 0 Å². The highest BCUT2D eigenvalue weighted by Crippen LogP contribution is 2.28. The van der Waals surface area contributed by atoms with Crippen LogP contribution in [0, 0.1) is 6.92 Å². The Balaban J connectivity index is 2.47. The lowest BCUT2D eigenvalue weighted by Gasteiger charge is -2.27. The van der Waals surface area contributed by atoms with E-state index in [0.717, 1.165) is 10.0 Å². The number of hydrogen-bond acceptors (Lipinski definition) is 3. The molecule has 0 saturated heterocycles. The Morgan fingerprint density at radius 3 is 2.55 bits per heavy atom. The highest BCUT2D eigenvalue weighted by atomic mass is 79.9. The Morgan fingerprint density at radius 1 is 1.23 bits per heavy atom. The number of benzene rings is 1. The topological polar surface area (TPSA) is 42.4 Å². The highest BCUT2D eigenvalue weighted by Gasteiger charge is 2.25. The van der Waals surface area contributed by atoms with Crippen LogP contribution < -0.4 is 4.90 Å². The second-order valence-electron chi connectivity index (χ2n) is 5.99. The van der Waals surface area contributed by atoms with Gasteiger partial charge in [-0.1, -0.05) is 22.0 Å². The first kappa shape index (κ1) is 16.5. The van der Waals surface area contributed by atoms with Crippen LogP contribution in [0.4, 0.5) is 16.3 Å². The number of amides is 1. The van der Waals surface area contributed by atoms with Crippen LogP contribution in [0.3, 0.4) is 0 Å². The van der Waals surface area contributed by atoms with Crippen LogP contribution in [-0.4, -0.2) is 16.7 Å². The Kier molecular flexibility index (Phi) is 4.86. The minimum absolute atomic E-state index is 0.455. The van der Waals surface area contributed by atoms with Crippen LogP contribution in [0.25, 0.3) is 0 Å². The zero-order chi connectivity index (χ0) is 16.3. The Hall–Kier alpha value is -1.88. The molecule has 4 nitrogen and oxygen atoms in total. The molecule has 116 valence electrons. The third-order valence-corrected chi connectivity index (χ3v) is 3.27. The van der Waals surface area contributed by atoms with E-state index in [1.807, 2.05) is 64.1 Å². The third-order valence-electron chi connectivity index (χ3n) is 2.77. The van der Waals surface area contributed by atoms with Gasteiger partial charge < -0.3 is 4.74 Å². The van der Waals surface area contributed by atoms with Gasteiger partial charge in [0.25, 0.3) is 0 Å². The van der Waals surface area contributed by atoms with Crippen molar-refractivity contribution in [2.24, 2.45) is 0 Å². The van der Waals surface area contributed by atoms with E-state index in [-0.39, 0.29) is 0 Å². The lowest BCUT2D eigenvalue weighted by molar-refractivity contribution is 0.0598. The maximum atomic E-state index is 12.6. The molecule has 2 rings (SSSR count). The lowest BCUT2D eigenvalue weighted by Crippen LogP contribution is -2.34. The molecule has 0 aliphatic rings. The second-order valence-corrected chi connectivity index (χ2v) is 6.90. The van der Waals surface area contributed by atoms with Crippen molar-refractivity contribution in [3.05, 3.63) is 52.6 Å². The summed E-state index contributed by atoms with van der Waals surface area (Å²) in [6.07, 6.45) is 1.23. The van der Waals surface area contributed by atoms with Crippen molar-refractivity contribution < 1.29 is 9.53 Å². The van der Waals surface area contributed by atoms with Crippen LogP contribution in [0.15, 0.2) is 47.1 Å². The molecule has 0 radical (unpaired) electrons. The van der Waals surface area contributed by atoms with Crippen molar-refractivity contribution in [1.82, 2.24) is 4.98 Å². The normalized spacial score (nSPS) is 11.1. The minimum Gasteiger partial charge on any atom is -0.443 e. The number of rotatable bonds is 2. The fourth-order valence-electron chi connectivity index (χ4n) is 1.90. The van der Waals surface area contributed by atoms with E-state index in [1.165, 1.54) is 4.90 Å². The maximum absolute atomic E-state index is 12.6. The lowest BCUT2D eigenvalue weighted by atomic mass is 10.2. The zero-order valence-electron chi connectivity index (χ0n) is 13.1. The van der Waals surface area contributed by atoms with Crippen molar-refractivity contribution in [3.8, 4) is 0 Å². The molecule has 5 heteroatoms. The molecule has 0 saturated carbocycles. The monoisotopic (exact) mass is 362 g/mol. The van der Waals surface area contributed by atoms with Gasteiger partial charge in [-0.3, -0.25) is 0 Å². The van der Waals surface area contributed by atoms with Gasteiger partial charge in [0.05, 0.1) is 5.69 Å². The van der Waals surface area contributed by atoms with Crippen molar-refractivity contribution in [3.63, 3.8) is 0 Å². The Labute approximate surface area is 139 Å². The molecule has 0 aliphatic heterocycles. The largest absolute Gasteiger partial charge is 0.443 e. The predicted octanol–water partition coefficient (Wildman–Crippen LogP) is 5.23. The predicted molar refractivity (Wildman–Crippen MR) is 91.5 cm³/mol. The number of carbonyl (C=O) groups is 1. The van der Waals surface area contributed by atoms with E-state index in [9.17, 15) is 4.79 Å². The number of ether oxygens (including phenoxy) is 1. The summed E-state index contributed by atoms with van der Waals surface area (Å²) in [7, 11) is 0.